The van der Waals surface area contributed by atoms with Gasteiger partial charge in [-0.2, -0.15) is 0 Å². The average Bonchev–Trinajstić information content (AvgIpc) is 3.00. The number of rotatable bonds is 0. The number of hydrogen-bond donors (Lipinski definition) is 0. The van der Waals surface area contributed by atoms with Crippen LogP contribution in [0.4, 0.5) is 0 Å². The number of aryl methyl sites for hydroxylation is 2. The summed E-state index contributed by atoms with van der Waals surface area (Å²) in [4.78, 5) is 0. The number of hydrogen-bond acceptors (Lipinski definition) is 0. The van der Waals surface area contributed by atoms with Crippen LogP contribution in [0.5, 0.6) is 0 Å². The average molecular weight is 507 g/mol. The lowest BCUT2D eigenvalue weighted by Gasteiger charge is -2.04. The van der Waals surface area contributed by atoms with Crippen molar-refractivity contribution in [3.63, 3.8) is 0 Å². The Balaban J connectivity index is 1.66. The third-order valence-corrected chi connectivity index (χ3v) is 6.17. The zero-order valence-corrected chi connectivity index (χ0v) is 22.5. The zero-order valence-electron chi connectivity index (χ0n) is 22.5. The predicted molar refractivity (Wildman–Crippen MR) is 166 cm³/mol. The van der Waals surface area contributed by atoms with Crippen LogP contribution >= 0.6 is 0 Å². The van der Waals surface area contributed by atoms with Crippen molar-refractivity contribution in [3.8, 4) is 47.4 Å². The molecule has 0 radical (unpaired) electrons. The van der Waals surface area contributed by atoms with E-state index in [1.54, 1.807) is 0 Å². The first-order valence-electron chi connectivity index (χ1n) is 13.1. The SMILES string of the molecule is Cc1ccc(C#Cc2cc(C#Cc3ccc(C)cc3)c(C#Cc3ccccc3)cc2C#Cc2ccccc2)cc1. The maximum atomic E-state index is 3.36. The summed E-state index contributed by atoms with van der Waals surface area (Å²) in [7, 11) is 0. The molecule has 0 saturated heterocycles. The highest BCUT2D eigenvalue weighted by Crippen LogP contribution is 2.17. The largest absolute Gasteiger partial charge is 0.0622 e. The predicted octanol–water partition coefficient (Wildman–Crippen LogP) is 7.90. The molecule has 0 aliphatic heterocycles. The van der Waals surface area contributed by atoms with Gasteiger partial charge in [0.25, 0.3) is 0 Å². The van der Waals surface area contributed by atoms with Gasteiger partial charge in [-0.1, -0.05) is 119 Å². The van der Waals surface area contributed by atoms with E-state index in [1.807, 2.05) is 97.1 Å². The maximum absolute atomic E-state index is 3.36. The molecule has 0 aliphatic rings. The lowest BCUT2D eigenvalue weighted by Crippen LogP contribution is -1.93. The Morgan fingerprint density at radius 2 is 0.575 bits per heavy atom. The highest BCUT2D eigenvalue weighted by atomic mass is 14.1. The van der Waals surface area contributed by atoms with E-state index in [0.717, 1.165) is 44.5 Å². The van der Waals surface area contributed by atoms with Crippen LogP contribution in [-0.2, 0) is 0 Å². The summed E-state index contributed by atoms with van der Waals surface area (Å²) < 4.78 is 0. The van der Waals surface area contributed by atoms with Crippen molar-refractivity contribution in [3.05, 3.63) is 177 Å². The van der Waals surface area contributed by atoms with Crippen molar-refractivity contribution in [2.75, 3.05) is 0 Å². The third-order valence-electron chi connectivity index (χ3n) is 6.17. The summed E-state index contributed by atoms with van der Waals surface area (Å²) >= 11 is 0. The molecule has 0 fully saturated rings. The third kappa shape index (κ3) is 7.22. The molecule has 0 amide bonds. The van der Waals surface area contributed by atoms with Crippen LogP contribution in [-0.4, -0.2) is 0 Å². The first kappa shape index (κ1) is 26.0. The Morgan fingerprint density at radius 3 is 0.875 bits per heavy atom. The van der Waals surface area contributed by atoms with E-state index in [0.29, 0.717) is 0 Å². The van der Waals surface area contributed by atoms with Crippen molar-refractivity contribution in [1.29, 1.82) is 0 Å². The van der Waals surface area contributed by atoms with Gasteiger partial charge in [-0.3, -0.25) is 0 Å². The van der Waals surface area contributed by atoms with E-state index in [4.69, 9.17) is 0 Å². The van der Waals surface area contributed by atoms with E-state index in [9.17, 15) is 0 Å². The molecule has 0 aromatic heterocycles. The van der Waals surface area contributed by atoms with Gasteiger partial charge in [0.1, 0.15) is 0 Å². The molecule has 5 aromatic carbocycles. The lowest BCUT2D eigenvalue weighted by atomic mass is 9.97. The zero-order chi connectivity index (χ0) is 27.6. The normalized spacial score (nSPS) is 9.45. The molecular formula is C40H26. The summed E-state index contributed by atoms with van der Waals surface area (Å²) in [5, 5.41) is 0. The Labute approximate surface area is 237 Å². The fourth-order valence-corrected chi connectivity index (χ4v) is 3.89. The first-order valence-corrected chi connectivity index (χ1v) is 13.1. The van der Waals surface area contributed by atoms with E-state index in [1.165, 1.54) is 11.1 Å². The lowest BCUT2D eigenvalue weighted by molar-refractivity contribution is 1.46. The van der Waals surface area contributed by atoms with Crippen LogP contribution in [0.3, 0.4) is 0 Å². The number of benzene rings is 5. The first-order chi connectivity index (χ1) is 19.6. The summed E-state index contributed by atoms with van der Waals surface area (Å²) in [6.07, 6.45) is 0. The van der Waals surface area contributed by atoms with Crippen LogP contribution in [0.25, 0.3) is 0 Å². The van der Waals surface area contributed by atoms with Gasteiger partial charge < -0.3 is 0 Å². The highest BCUT2D eigenvalue weighted by Gasteiger charge is 2.06. The van der Waals surface area contributed by atoms with Crippen molar-refractivity contribution in [2.45, 2.75) is 13.8 Å². The Kier molecular flexibility index (Phi) is 8.26. The minimum Gasteiger partial charge on any atom is -0.0622 e. The van der Waals surface area contributed by atoms with Crippen LogP contribution in [0.1, 0.15) is 55.6 Å². The van der Waals surface area contributed by atoms with Gasteiger partial charge in [0.2, 0.25) is 0 Å². The van der Waals surface area contributed by atoms with Crippen LogP contribution in [0.2, 0.25) is 0 Å². The molecular weight excluding hydrogens is 480 g/mol. The van der Waals surface area contributed by atoms with Gasteiger partial charge in [0.05, 0.1) is 0 Å². The minimum absolute atomic E-state index is 0.821. The summed E-state index contributed by atoms with van der Waals surface area (Å²) in [5.41, 5.74) is 9.49. The van der Waals surface area contributed by atoms with Gasteiger partial charge in [0.15, 0.2) is 0 Å². The molecule has 186 valence electrons. The molecule has 0 spiro atoms. The van der Waals surface area contributed by atoms with Gasteiger partial charge in [0, 0.05) is 44.5 Å². The fraction of sp³-hybridized carbons (Fsp3) is 0.0500. The molecule has 5 aromatic rings. The second kappa shape index (κ2) is 12.7. The van der Waals surface area contributed by atoms with Gasteiger partial charge >= 0.3 is 0 Å². The monoisotopic (exact) mass is 506 g/mol. The molecule has 5 rings (SSSR count). The smallest absolute Gasteiger partial charge is 0.0419 e. The van der Waals surface area contributed by atoms with Gasteiger partial charge in [-0.05, 0) is 74.5 Å². The van der Waals surface area contributed by atoms with Crippen LogP contribution < -0.4 is 0 Å². The van der Waals surface area contributed by atoms with E-state index < -0.39 is 0 Å². The molecule has 0 N–H and O–H groups in total. The molecule has 0 saturated carbocycles. The second-order valence-electron chi connectivity index (χ2n) is 9.41. The van der Waals surface area contributed by atoms with Crippen LogP contribution in [0.15, 0.2) is 121 Å². The summed E-state index contributed by atoms with van der Waals surface area (Å²) in [6, 6.07) is 40.4. The van der Waals surface area contributed by atoms with Crippen molar-refractivity contribution in [1.82, 2.24) is 0 Å². The van der Waals surface area contributed by atoms with Crippen molar-refractivity contribution in [2.24, 2.45) is 0 Å². The fourth-order valence-electron chi connectivity index (χ4n) is 3.89. The standard InChI is InChI=1S/C40H26/c1-31-13-17-35(18-14-31)23-27-39-30-40(28-24-36-19-15-32(2)16-20-36)38(26-22-34-11-7-4-8-12-34)29-37(39)25-21-33-9-5-3-6-10-33/h3-20,29-30H,1-2H3. The second-order valence-corrected chi connectivity index (χ2v) is 9.41. The molecule has 0 heteroatoms. The molecule has 0 heterocycles. The van der Waals surface area contributed by atoms with Gasteiger partial charge in [-0.15, -0.1) is 0 Å². The molecule has 40 heavy (non-hydrogen) atoms. The summed E-state index contributed by atoms with van der Waals surface area (Å²) in [6.45, 7) is 4.14. The summed E-state index contributed by atoms with van der Waals surface area (Å²) in [5.74, 6) is 26.6. The van der Waals surface area contributed by atoms with E-state index >= 15 is 0 Å². The molecule has 0 unspecified atom stereocenters. The van der Waals surface area contributed by atoms with E-state index in [-0.39, 0.29) is 0 Å². The quantitative estimate of drug-likeness (QED) is 0.187. The Hall–Kier alpha value is -5.66. The molecule has 0 aliphatic carbocycles. The Morgan fingerprint density at radius 1 is 0.300 bits per heavy atom. The minimum atomic E-state index is 0.821. The van der Waals surface area contributed by atoms with E-state index in [2.05, 4.69) is 85.5 Å². The molecule has 0 nitrogen and oxygen atoms in total. The van der Waals surface area contributed by atoms with Crippen LogP contribution in [0, 0.1) is 61.2 Å². The highest BCUT2D eigenvalue weighted by molar-refractivity contribution is 5.64. The maximum Gasteiger partial charge on any atom is 0.0419 e. The molecule has 0 bridgehead atoms. The van der Waals surface area contributed by atoms with Gasteiger partial charge in [-0.25, -0.2) is 0 Å². The topological polar surface area (TPSA) is 0 Å². The van der Waals surface area contributed by atoms with Crippen molar-refractivity contribution < 1.29 is 0 Å². The Bertz CT molecular complexity index is 1740. The van der Waals surface area contributed by atoms with Crippen molar-refractivity contribution >= 4 is 0 Å². The molecule has 0 atom stereocenters.